The summed E-state index contributed by atoms with van der Waals surface area (Å²) in [6.45, 7) is 5.96. The second-order valence-corrected chi connectivity index (χ2v) is 9.42. The molecule has 0 bridgehead atoms. The minimum Gasteiger partial charge on any atom is -0.492 e. The van der Waals surface area contributed by atoms with Gasteiger partial charge in [-0.1, -0.05) is 29.3 Å². The fourth-order valence-corrected chi connectivity index (χ4v) is 4.33. The normalized spacial score (nSPS) is 12.3. The van der Waals surface area contributed by atoms with Crippen molar-refractivity contribution in [2.24, 2.45) is 0 Å². The van der Waals surface area contributed by atoms with Gasteiger partial charge in [0.25, 0.3) is 0 Å². The van der Waals surface area contributed by atoms with Crippen LogP contribution < -0.4 is 14.4 Å². The molecule has 0 radical (unpaired) electrons. The van der Waals surface area contributed by atoms with Crippen molar-refractivity contribution in [3.63, 3.8) is 0 Å². The molecule has 1 atom stereocenters. The summed E-state index contributed by atoms with van der Waals surface area (Å²) in [5, 5.41) is 3.18. The molecule has 0 fully saturated rings. The highest BCUT2D eigenvalue weighted by atomic mass is 35.5. The molecule has 0 unspecified atom stereocenters. The monoisotopic (exact) mass is 458 g/mol. The van der Waals surface area contributed by atoms with Crippen LogP contribution >= 0.6 is 23.2 Å². The zero-order valence-corrected chi connectivity index (χ0v) is 19.0. The number of halogens is 2. The standard InChI is InChI=1S/C20H24Cl2N2O4S/c1-13-5-7-17(11-14(13)2)28-10-9-23-20(25)15(3)24(29(4,26)27)19-12-16(21)6-8-18(19)22/h5-8,11-12,15H,9-10H2,1-4H3,(H,23,25)/t15-/m1/s1. The van der Waals surface area contributed by atoms with Crippen molar-refractivity contribution in [1.82, 2.24) is 5.32 Å². The number of aryl methyl sites for hydroxylation is 2. The van der Waals surface area contributed by atoms with Gasteiger partial charge in [0, 0.05) is 5.02 Å². The lowest BCUT2D eigenvalue weighted by atomic mass is 10.1. The topological polar surface area (TPSA) is 75.7 Å². The van der Waals surface area contributed by atoms with E-state index in [4.69, 9.17) is 27.9 Å². The fourth-order valence-electron chi connectivity index (χ4n) is 2.73. The third-order valence-corrected chi connectivity index (χ3v) is 6.16. The van der Waals surface area contributed by atoms with Gasteiger partial charge in [0.15, 0.2) is 0 Å². The Labute approximate surface area is 181 Å². The van der Waals surface area contributed by atoms with Gasteiger partial charge in [-0.2, -0.15) is 0 Å². The second kappa shape index (κ2) is 9.69. The highest BCUT2D eigenvalue weighted by Crippen LogP contribution is 2.32. The number of anilines is 1. The Morgan fingerprint density at radius 2 is 1.83 bits per heavy atom. The minimum absolute atomic E-state index is 0.149. The van der Waals surface area contributed by atoms with E-state index in [1.54, 1.807) is 6.07 Å². The van der Waals surface area contributed by atoms with Gasteiger partial charge < -0.3 is 10.1 Å². The number of hydrogen-bond donors (Lipinski definition) is 1. The first kappa shape index (κ1) is 23.3. The molecule has 0 aromatic heterocycles. The summed E-state index contributed by atoms with van der Waals surface area (Å²) in [4.78, 5) is 12.6. The Balaban J connectivity index is 2.04. The highest BCUT2D eigenvalue weighted by molar-refractivity contribution is 7.92. The van der Waals surface area contributed by atoms with E-state index >= 15 is 0 Å². The van der Waals surface area contributed by atoms with E-state index in [-0.39, 0.29) is 23.9 Å². The second-order valence-electron chi connectivity index (χ2n) is 6.72. The van der Waals surface area contributed by atoms with Crippen LogP contribution in [0.25, 0.3) is 0 Å². The maximum Gasteiger partial charge on any atom is 0.243 e. The molecule has 0 saturated carbocycles. The summed E-state index contributed by atoms with van der Waals surface area (Å²) in [6.07, 6.45) is 1.01. The molecule has 0 aliphatic carbocycles. The lowest BCUT2D eigenvalue weighted by molar-refractivity contribution is -0.121. The summed E-state index contributed by atoms with van der Waals surface area (Å²) in [5.41, 5.74) is 2.43. The van der Waals surface area contributed by atoms with E-state index in [0.717, 1.165) is 16.1 Å². The van der Waals surface area contributed by atoms with Gasteiger partial charge >= 0.3 is 0 Å². The third-order valence-electron chi connectivity index (χ3n) is 4.38. The van der Waals surface area contributed by atoms with Crippen molar-refractivity contribution < 1.29 is 17.9 Å². The van der Waals surface area contributed by atoms with Crippen molar-refractivity contribution in [3.8, 4) is 5.75 Å². The highest BCUT2D eigenvalue weighted by Gasteiger charge is 2.30. The van der Waals surface area contributed by atoms with E-state index in [0.29, 0.717) is 10.8 Å². The van der Waals surface area contributed by atoms with Crippen LogP contribution in [0.5, 0.6) is 5.75 Å². The van der Waals surface area contributed by atoms with Crippen LogP contribution in [0.1, 0.15) is 18.1 Å². The average molecular weight is 459 g/mol. The van der Waals surface area contributed by atoms with Crippen LogP contribution in [0.3, 0.4) is 0 Å². The first-order valence-electron chi connectivity index (χ1n) is 8.93. The van der Waals surface area contributed by atoms with Gasteiger partial charge in [0.05, 0.1) is 23.5 Å². The van der Waals surface area contributed by atoms with Gasteiger partial charge in [0.1, 0.15) is 18.4 Å². The molecular formula is C20H24Cl2N2O4S. The van der Waals surface area contributed by atoms with Crippen LogP contribution in [0, 0.1) is 13.8 Å². The van der Waals surface area contributed by atoms with Crippen molar-refractivity contribution in [2.75, 3.05) is 23.7 Å². The van der Waals surface area contributed by atoms with Gasteiger partial charge in [-0.25, -0.2) is 8.42 Å². The van der Waals surface area contributed by atoms with Crippen molar-refractivity contribution in [3.05, 3.63) is 57.6 Å². The van der Waals surface area contributed by atoms with Gasteiger partial charge in [-0.05, 0) is 62.2 Å². The fraction of sp³-hybridized carbons (Fsp3) is 0.350. The number of hydrogen-bond acceptors (Lipinski definition) is 4. The smallest absolute Gasteiger partial charge is 0.243 e. The number of rotatable bonds is 8. The molecule has 9 heteroatoms. The van der Waals surface area contributed by atoms with Crippen molar-refractivity contribution in [2.45, 2.75) is 26.8 Å². The van der Waals surface area contributed by atoms with Gasteiger partial charge in [-0.15, -0.1) is 0 Å². The maximum atomic E-state index is 12.6. The molecule has 2 aromatic rings. The molecule has 0 aliphatic heterocycles. The average Bonchev–Trinajstić information content (AvgIpc) is 2.63. The number of amides is 1. The maximum absolute atomic E-state index is 12.6. The number of carbonyl (C=O) groups is 1. The quantitative estimate of drug-likeness (QED) is 0.607. The van der Waals surface area contributed by atoms with E-state index in [9.17, 15) is 13.2 Å². The van der Waals surface area contributed by atoms with Crippen molar-refractivity contribution in [1.29, 1.82) is 0 Å². The van der Waals surface area contributed by atoms with E-state index < -0.39 is 22.0 Å². The van der Waals surface area contributed by atoms with Crippen LogP contribution in [0.2, 0.25) is 10.0 Å². The van der Waals surface area contributed by atoms with Crippen LogP contribution in [-0.2, 0) is 14.8 Å². The van der Waals surface area contributed by atoms with Crippen LogP contribution in [-0.4, -0.2) is 39.8 Å². The largest absolute Gasteiger partial charge is 0.492 e. The first-order valence-corrected chi connectivity index (χ1v) is 11.5. The lowest BCUT2D eigenvalue weighted by Crippen LogP contribution is -2.48. The molecule has 0 saturated heterocycles. The Morgan fingerprint density at radius 1 is 1.14 bits per heavy atom. The molecule has 2 rings (SSSR count). The van der Waals surface area contributed by atoms with Crippen LogP contribution in [0.15, 0.2) is 36.4 Å². The zero-order valence-electron chi connectivity index (χ0n) is 16.7. The molecule has 1 N–H and O–H groups in total. The van der Waals surface area contributed by atoms with Gasteiger partial charge in [-0.3, -0.25) is 9.10 Å². The molecule has 29 heavy (non-hydrogen) atoms. The predicted octanol–water partition coefficient (Wildman–Crippen LogP) is 3.96. The number of benzene rings is 2. The summed E-state index contributed by atoms with van der Waals surface area (Å²) in [6, 6.07) is 9.16. The Morgan fingerprint density at radius 3 is 2.45 bits per heavy atom. The molecule has 0 heterocycles. The summed E-state index contributed by atoms with van der Waals surface area (Å²) in [7, 11) is -3.79. The molecule has 1 amide bonds. The number of ether oxygens (including phenoxy) is 1. The lowest BCUT2D eigenvalue weighted by Gasteiger charge is -2.29. The molecule has 6 nitrogen and oxygen atoms in total. The van der Waals surface area contributed by atoms with E-state index in [1.807, 2.05) is 32.0 Å². The van der Waals surface area contributed by atoms with E-state index in [1.165, 1.54) is 24.6 Å². The molecule has 2 aromatic carbocycles. The zero-order chi connectivity index (χ0) is 21.8. The van der Waals surface area contributed by atoms with Crippen LogP contribution in [0.4, 0.5) is 5.69 Å². The van der Waals surface area contributed by atoms with Gasteiger partial charge in [0.2, 0.25) is 15.9 Å². The third kappa shape index (κ3) is 6.26. The predicted molar refractivity (Wildman–Crippen MR) is 118 cm³/mol. The summed E-state index contributed by atoms with van der Waals surface area (Å²) < 4.78 is 31.3. The SMILES string of the molecule is Cc1ccc(OCCNC(=O)[C@@H](C)N(c2cc(Cl)ccc2Cl)S(C)(=O)=O)cc1C. The summed E-state index contributed by atoms with van der Waals surface area (Å²) in [5.74, 6) is 0.231. The first-order chi connectivity index (χ1) is 13.5. The Kier molecular flexibility index (Phi) is 7.80. The molecule has 158 valence electrons. The number of sulfonamides is 1. The number of carbonyl (C=O) groups excluding carboxylic acids is 1. The number of nitrogens with one attached hydrogen (secondary N) is 1. The van der Waals surface area contributed by atoms with E-state index in [2.05, 4.69) is 5.32 Å². The summed E-state index contributed by atoms with van der Waals surface area (Å²) >= 11 is 12.1. The Hall–Kier alpha value is -1.96. The minimum atomic E-state index is -3.79. The molecule has 0 spiro atoms. The van der Waals surface area contributed by atoms with Crippen molar-refractivity contribution >= 4 is 44.8 Å². The number of nitrogens with zero attached hydrogens (tertiary/aromatic N) is 1. The molecular weight excluding hydrogens is 435 g/mol. The molecule has 0 aliphatic rings. The Bertz CT molecular complexity index is 996.